The Morgan fingerprint density at radius 2 is 1.88 bits per heavy atom. The molecule has 1 atom stereocenters. The quantitative estimate of drug-likeness (QED) is 0.833. The van der Waals surface area contributed by atoms with E-state index < -0.39 is 0 Å². The van der Waals surface area contributed by atoms with Crippen LogP contribution in [0.3, 0.4) is 0 Å². The monoisotopic (exact) mass is 222 g/mol. The summed E-state index contributed by atoms with van der Waals surface area (Å²) in [5, 5.41) is 0. The van der Waals surface area contributed by atoms with E-state index in [4.69, 9.17) is 5.73 Å². The Bertz CT molecular complexity index is 426. The molecule has 1 aromatic carbocycles. The van der Waals surface area contributed by atoms with Crippen LogP contribution >= 0.6 is 0 Å². The molecule has 1 saturated carbocycles. The van der Waals surface area contributed by atoms with E-state index in [1.54, 1.807) is 17.0 Å². The van der Waals surface area contributed by atoms with Gasteiger partial charge in [0.25, 0.3) is 0 Å². The van der Waals surface area contributed by atoms with E-state index in [2.05, 4.69) is 13.8 Å². The zero-order valence-corrected chi connectivity index (χ0v) is 10.3. The fourth-order valence-corrected chi connectivity index (χ4v) is 2.29. The Kier molecular flexibility index (Phi) is 2.28. The van der Waals surface area contributed by atoms with Crippen LogP contribution in [0.25, 0.3) is 0 Å². The van der Waals surface area contributed by atoms with Crippen LogP contribution < -0.4 is 10.6 Å². The highest BCUT2D eigenvalue weighted by Gasteiger charge is 2.59. The first-order valence-electron chi connectivity index (χ1n) is 5.54. The number of nitrogens with two attached hydrogens (primary N) is 1. The van der Waals surface area contributed by atoms with Gasteiger partial charge in [0.05, 0.1) is 5.69 Å². The molecule has 0 amide bonds. The normalized spacial score (nSPS) is 26.6. The van der Waals surface area contributed by atoms with Gasteiger partial charge in [-0.1, -0.05) is 19.9 Å². The first-order chi connectivity index (χ1) is 7.28. The molecule has 1 unspecified atom stereocenters. The molecule has 3 heteroatoms. The average molecular weight is 222 g/mol. The molecule has 0 radical (unpaired) electrons. The number of hydrogen-bond acceptors (Lipinski definition) is 2. The molecule has 2 N–H and O–H groups in total. The summed E-state index contributed by atoms with van der Waals surface area (Å²) in [5.41, 5.74) is 7.50. The van der Waals surface area contributed by atoms with E-state index in [1.165, 1.54) is 0 Å². The number of rotatable bonds is 2. The Hall–Kier alpha value is -1.09. The van der Waals surface area contributed by atoms with Crippen LogP contribution in [0, 0.1) is 11.2 Å². The molecular formula is C13H19FN2. The van der Waals surface area contributed by atoms with Crippen LogP contribution in [0.5, 0.6) is 0 Å². The first kappa shape index (κ1) is 11.4. The lowest BCUT2D eigenvalue weighted by Crippen LogP contribution is -2.25. The minimum atomic E-state index is -0.349. The highest BCUT2D eigenvalue weighted by Crippen LogP contribution is 2.60. The Balaban J connectivity index is 2.37. The van der Waals surface area contributed by atoms with E-state index in [0.29, 0.717) is 5.69 Å². The summed E-state index contributed by atoms with van der Waals surface area (Å²) >= 11 is 0. The molecule has 16 heavy (non-hydrogen) atoms. The Morgan fingerprint density at radius 3 is 2.25 bits per heavy atom. The van der Waals surface area contributed by atoms with Crippen molar-refractivity contribution in [2.24, 2.45) is 11.1 Å². The number of nitrogens with zero attached hydrogens (tertiary/aromatic N) is 1. The fourth-order valence-electron chi connectivity index (χ4n) is 2.29. The standard InChI is InChI=1S/C13H19FN2/c1-12(2)8-13(12,15)9-5-6-11(16(3)4)10(14)7-9/h5-7H,8,15H2,1-4H3. The molecule has 0 saturated heterocycles. The number of halogens is 1. The molecule has 0 aromatic heterocycles. The molecule has 1 aliphatic carbocycles. The summed E-state index contributed by atoms with van der Waals surface area (Å²) in [6, 6.07) is 5.31. The van der Waals surface area contributed by atoms with Crippen molar-refractivity contribution in [3.63, 3.8) is 0 Å². The van der Waals surface area contributed by atoms with Gasteiger partial charge < -0.3 is 10.6 Å². The summed E-state index contributed by atoms with van der Waals surface area (Å²) in [6.45, 7) is 4.23. The predicted octanol–water partition coefficient (Wildman–Crippen LogP) is 2.48. The van der Waals surface area contributed by atoms with E-state index in [9.17, 15) is 4.39 Å². The summed E-state index contributed by atoms with van der Waals surface area (Å²) < 4.78 is 13.8. The zero-order chi connectivity index (χ0) is 12.1. The maximum Gasteiger partial charge on any atom is 0.146 e. The van der Waals surface area contributed by atoms with Crippen molar-refractivity contribution in [2.45, 2.75) is 25.8 Å². The Morgan fingerprint density at radius 1 is 1.31 bits per heavy atom. The molecule has 88 valence electrons. The number of anilines is 1. The second-order valence-corrected chi connectivity index (χ2v) is 5.59. The van der Waals surface area contributed by atoms with Gasteiger partial charge in [-0.25, -0.2) is 4.39 Å². The van der Waals surface area contributed by atoms with Crippen molar-refractivity contribution in [2.75, 3.05) is 19.0 Å². The van der Waals surface area contributed by atoms with Gasteiger partial charge in [0.2, 0.25) is 0 Å². The van der Waals surface area contributed by atoms with Gasteiger partial charge in [0.15, 0.2) is 0 Å². The van der Waals surface area contributed by atoms with Gasteiger partial charge in [-0.2, -0.15) is 0 Å². The van der Waals surface area contributed by atoms with E-state index in [0.717, 1.165) is 12.0 Å². The third-order valence-electron chi connectivity index (χ3n) is 3.75. The zero-order valence-electron chi connectivity index (χ0n) is 10.3. The number of hydrogen-bond donors (Lipinski definition) is 1. The molecule has 1 aromatic rings. The van der Waals surface area contributed by atoms with Gasteiger partial charge in [0, 0.05) is 19.6 Å². The average Bonchev–Trinajstić information content (AvgIpc) is 2.66. The molecule has 0 aliphatic heterocycles. The van der Waals surface area contributed by atoms with Gasteiger partial charge in [0.1, 0.15) is 5.82 Å². The number of benzene rings is 1. The van der Waals surface area contributed by atoms with Crippen molar-refractivity contribution >= 4 is 5.69 Å². The SMILES string of the molecule is CN(C)c1ccc(C2(N)CC2(C)C)cc1F. The lowest BCUT2D eigenvalue weighted by atomic mass is 9.96. The third kappa shape index (κ3) is 1.50. The molecule has 2 nitrogen and oxygen atoms in total. The van der Waals surface area contributed by atoms with Crippen LogP contribution in [0.4, 0.5) is 10.1 Å². The van der Waals surface area contributed by atoms with Gasteiger partial charge in [-0.05, 0) is 29.5 Å². The molecular weight excluding hydrogens is 203 g/mol. The molecule has 1 aliphatic rings. The van der Waals surface area contributed by atoms with E-state index in [1.807, 2.05) is 20.2 Å². The van der Waals surface area contributed by atoms with Crippen LogP contribution in [0.15, 0.2) is 18.2 Å². The lowest BCUT2D eigenvalue weighted by molar-refractivity contribution is 0.506. The molecule has 0 heterocycles. The third-order valence-corrected chi connectivity index (χ3v) is 3.75. The molecule has 1 fully saturated rings. The summed E-state index contributed by atoms with van der Waals surface area (Å²) in [6.07, 6.45) is 0.917. The van der Waals surface area contributed by atoms with Crippen molar-refractivity contribution in [1.82, 2.24) is 0 Å². The van der Waals surface area contributed by atoms with Gasteiger partial charge >= 0.3 is 0 Å². The Labute approximate surface area is 96.2 Å². The second kappa shape index (κ2) is 3.20. The van der Waals surface area contributed by atoms with Crippen molar-refractivity contribution in [3.8, 4) is 0 Å². The van der Waals surface area contributed by atoms with Crippen molar-refractivity contribution < 1.29 is 4.39 Å². The molecule has 2 rings (SSSR count). The molecule has 0 bridgehead atoms. The van der Waals surface area contributed by atoms with Crippen molar-refractivity contribution in [3.05, 3.63) is 29.6 Å². The van der Waals surface area contributed by atoms with Crippen LogP contribution in [0.1, 0.15) is 25.8 Å². The highest BCUT2D eigenvalue weighted by atomic mass is 19.1. The summed E-state index contributed by atoms with van der Waals surface area (Å²) in [5.74, 6) is -0.199. The summed E-state index contributed by atoms with van der Waals surface area (Å²) in [4.78, 5) is 1.76. The molecule has 0 spiro atoms. The fraction of sp³-hybridized carbons (Fsp3) is 0.538. The van der Waals surface area contributed by atoms with E-state index in [-0.39, 0.29) is 16.8 Å². The van der Waals surface area contributed by atoms with Crippen LogP contribution in [-0.2, 0) is 5.54 Å². The largest absolute Gasteiger partial charge is 0.375 e. The first-order valence-corrected chi connectivity index (χ1v) is 5.54. The lowest BCUT2D eigenvalue weighted by Gasteiger charge is -2.19. The second-order valence-electron chi connectivity index (χ2n) is 5.59. The van der Waals surface area contributed by atoms with Crippen LogP contribution in [-0.4, -0.2) is 14.1 Å². The van der Waals surface area contributed by atoms with Gasteiger partial charge in [-0.3, -0.25) is 0 Å². The summed E-state index contributed by atoms with van der Waals surface area (Å²) in [7, 11) is 3.66. The topological polar surface area (TPSA) is 29.3 Å². The minimum absolute atomic E-state index is 0.0824. The van der Waals surface area contributed by atoms with Crippen LogP contribution in [0.2, 0.25) is 0 Å². The van der Waals surface area contributed by atoms with Crippen molar-refractivity contribution in [1.29, 1.82) is 0 Å². The highest BCUT2D eigenvalue weighted by molar-refractivity contribution is 5.50. The minimum Gasteiger partial charge on any atom is -0.375 e. The van der Waals surface area contributed by atoms with Gasteiger partial charge in [-0.15, -0.1) is 0 Å². The smallest absolute Gasteiger partial charge is 0.146 e. The van der Waals surface area contributed by atoms with E-state index >= 15 is 0 Å². The predicted molar refractivity (Wildman–Crippen MR) is 65.0 cm³/mol. The maximum absolute atomic E-state index is 13.8. The maximum atomic E-state index is 13.8.